The van der Waals surface area contributed by atoms with Crippen LogP contribution in [0.4, 0.5) is 0 Å². The van der Waals surface area contributed by atoms with Gasteiger partial charge < -0.3 is 0 Å². The molecule has 0 aliphatic heterocycles. The number of para-hydroxylation sites is 1. The van der Waals surface area contributed by atoms with Crippen molar-refractivity contribution in [3.05, 3.63) is 64.3 Å². The molecule has 0 bridgehead atoms. The summed E-state index contributed by atoms with van der Waals surface area (Å²) in [5.41, 5.74) is 0.758. The van der Waals surface area contributed by atoms with Crippen LogP contribution in [0.2, 0.25) is 0 Å². The van der Waals surface area contributed by atoms with Crippen LogP contribution in [0.5, 0.6) is 0 Å². The van der Waals surface area contributed by atoms with E-state index >= 15 is 0 Å². The second-order valence-corrected chi connectivity index (χ2v) is 5.55. The summed E-state index contributed by atoms with van der Waals surface area (Å²) in [7, 11) is 0. The van der Waals surface area contributed by atoms with E-state index in [0.29, 0.717) is 11.2 Å². The van der Waals surface area contributed by atoms with Gasteiger partial charge in [0.2, 0.25) is 0 Å². The second-order valence-electron chi connectivity index (χ2n) is 4.66. The van der Waals surface area contributed by atoms with Crippen LogP contribution in [0.3, 0.4) is 0 Å². The Morgan fingerprint density at radius 3 is 2.86 bits per heavy atom. The average Bonchev–Trinajstić information content (AvgIpc) is 3.20. The van der Waals surface area contributed by atoms with E-state index in [-0.39, 0.29) is 12.1 Å². The number of aromatic nitrogens is 6. The van der Waals surface area contributed by atoms with Gasteiger partial charge in [-0.1, -0.05) is 18.2 Å². The SMILES string of the molecule is O=c1c2ccsc2ncn1Cc1nnnn1-c1ccccc1. The van der Waals surface area contributed by atoms with Crippen LogP contribution in [-0.4, -0.2) is 29.8 Å². The Bertz CT molecular complexity index is 987. The zero-order chi connectivity index (χ0) is 14.9. The Kier molecular flexibility index (Phi) is 3.01. The Labute approximate surface area is 128 Å². The van der Waals surface area contributed by atoms with E-state index in [1.54, 1.807) is 10.7 Å². The highest BCUT2D eigenvalue weighted by Gasteiger charge is 2.11. The molecule has 0 aliphatic rings. The Morgan fingerprint density at radius 2 is 2.00 bits per heavy atom. The van der Waals surface area contributed by atoms with Gasteiger partial charge >= 0.3 is 0 Å². The normalized spacial score (nSPS) is 11.1. The maximum Gasteiger partial charge on any atom is 0.262 e. The minimum atomic E-state index is -0.0890. The van der Waals surface area contributed by atoms with Crippen LogP contribution in [0, 0.1) is 0 Å². The summed E-state index contributed by atoms with van der Waals surface area (Å²) in [6.07, 6.45) is 1.53. The van der Waals surface area contributed by atoms with Crippen LogP contribution in [-0.2, 0) is 6.54 Å². The van der Waals surface area contributed by atoms with Crippen LogP contribution < -0.4 is 5.56 Å². The third kappa shape index (κ3) is 2.09. The van der Waals surface area contributed by atoms with Gasteiger partial charge in [0.05, 0.1) is 23.9 Å². The molecular formula is C14H10N6OS. The minimum Gasteiger partial charge on any atom is -0.291 e. The molecule has 0 saturated heterocycles. The number of fused-ring (bicyclic) bond motifs is 1. The maximum absolute atomic E-state index is 12.4. The smallest absolute Gasteiger partial charge is 0.262 e. The number of nitrogens with zero attached hydrogens (tertiary/aromatic N) is 6. The van der Waals surface area contributed by atoms with Crippen LogP contribution in [0.1, 0.15) is 5.82 Å². The van der Waals surface area contributed by atoms with Gasteiger partial charge in [-0.3, -0.25) is 9.36 Å². The van der Waals surface area contributed by atoms with Gasteiger partial charge in [-0.2, -0.15) is 4.68 Å². The molecule has 0 radical (unpaired) electrons. The first kappa shape index (κ1) is 12.8. The van der Waals surface area contributed by atoms with Crippen molar-refractivity contribution in [2.75, 3.05) is 0 Å². The lowest BCUT2D eigenvalue weighted by Crippen LogP contribution is -2.22. The highest BCUT2D eigenvalue weighted by molar-refractivity contribution is 7.16. The lowest BCUT2D eigenvalue weighted by atomic mass is 10.3. The van der Waals surface area contributed by atoms with Gasteiger partial charge in [0.25, 0.3) is 5.56 Å². The van der Waals surface area contributed by atoms with Gasteiger partial charge in [-0.25, -0.2) is 4.98 Å². The number of rotatable bonds is 3. The summed E-state index contributed by atoms with van der Waals surface area (Å²) in [5.74, 6) is 0.574. The number of tetrazole rings is 1. The third-order valence-electron chi connectivity index (χ3n) is 3.30. The van der Waals surface area contributed by atoms with Gasteiger partial charge in [-0.15, -0.1) is 16.4 Å². The van der Waals surface area contributed by atoms with E-state index in [2.05, 4.69) is 20.5 Å². The standard InChI is InChI=1S/C14H10N6OS/c21-14-11-6-7-22-13(11)15-9-19(14)8-12-16-17-18-20(12)10-4-2-1-3-5-10/h1-7,9H,8H2. The molecule has 22 heavy (non-hydrogen) atoms. The van der Waals surface area contributed by atoms with Gasteiger partial charge in [0, 0.05) is 0 Å². The molecule has 7 nitrogen and oxygen atoms in total. The molecule has 1 aromatic carbocycles. The molecule has 0 spiro atoms. The first-order chi connectivity index (χ1) is 10.8. The van der Waals surface area contributed by atoms with E-state index in [0.717, 1.165) is 10.5 Å². The second kappa shape index (κ2) is 5.15. The molecule has 108 valence electrons. The zero-order valence-electron chi connectivity index (χ0n) is 11.3. The fourth-order valence-corrected chi connectivity index (χ4v) is 2.96. The summed E-state index contributed by atoms with van der Waals surface area (Å²) in [6, 6.07) is 11.3. The average molecular weight is 310 g/mol. The van der Waals surface area contributed by atoms with E-state index in [9.17, 15) is 4.79 Å². The molecule has 0 unspecified atom stereocenters. The minimum absolute atomic E-state index is 0.0890. The fraction of sp³-hybridized carbons (Fsp3) is 0.0714. The summed E-state index contributed by atoms with van der Waals surface area (Å²) in [4.78, 5) is 17.4. The van der Waals surface area contributed by atoms with Crippen molar-refractivity contribution in [3.63, 3.8) is 0 Å². The monoisotopic (exact) mass is 310 g/mol. The summed E-state index contributed by atoms with van der Waals surface area (Å²) in [6.45, 7) is 0.263. The molecule has 4 aromatic rings. The summed E-state index contributed by atoms with van der Waals surface area (Å²) < 4.78 is 3.13. The number of benzene rings is 1. The molecule has 0 N–H and O–H groups in total. The van der Waals surface area contributed by atoms with Crippen molar-refractivity contribution < 1.29 is 0 Å². The van der Waals surface area contributed by atoms with E-state index in [1.807, 2.05) is 35.7 Å². The van der Waals surface area contributed by atoms with Crippen molar-refractivity contribution >= 4 is 21.6 Å². The van der Waals surface area contributed by atoms with Gasteiger partial charge in [0.15, 0.2) is 5.82 Å². The van der Waals surface area contributed by atoms with Crippen LogP contribution >= 0.6 is 11.3 Å². The molecule has 4 rings (SSSR count). The summed E-state index contributed by atoms with van der Waals surface area (Å²) in [5, 5.41) is 14.2. The predicted octanol–water partition coefficient (Wildman–Crippen LogP) is 1.48. The van der Waals surface area contributed by atoms with E-state index in [1.165, 1.54) is 22.2 Å². The molecule has 0 fully saturated rings. The highest BCUT2D eigenvalue weighted by atomic mass is 32.1. The lowest BCUT2D eigenvalue weighted by Gasteiger charge is -2.06. The van der Waals surface area contributed by atoms with Crippen LogP contribution in [0.25, 0.3) is 15.9 Å². The molecule has 0 amide bonds. The number of hydrogen-bond donors (Lipinski definition) is 0. The molecule has 3 heterocycles. The quantitative estimate of drug-likeness (QED) is 0.573. The Morgan fingerprint density at radius 1 is 1.14 bits per heavy atom. The molecule has 8 heteroatoms. The highest BCUT2D eigenvalue weighted by Crippen LogP contribution is 2.14. The topological polar surface area (TPSA) is 78.5 Å². The summed E-state index contributed by atoms with van der Waals surface area (Å²) >= 11 is 1.45. The van der Waals surface area contributed by atoms with Crippen molar-refractivity contribution in [3.8, 4) is 5.69 Å². The Hall–Kier alpha value is -2.87. The van der Waals surface area contributed by atoms with E-state index in [4.69, 9.17) is 0 Å². The first-order valence-corrected chi connectivity index (χ1v) is 7.46. The molecule has 3 aromatic heterocycles. The Balaban J connectivity index is 1.76. The number of thiophene rings is 1. The molecule has 0 atom stereocenters. The van der Waals surface area contributed by atoms with Crippen molar-refractivity contribution in [1.29, 1.82) is 0 Å². The van der Waals surface area contributed by atoms with Crippen LogP contribution in [0.15, 0.2) is 52.9 Å². The van der Waals surface area contributed by atoms with E-state index < -0.39 is 0 Å². The molecule has 0 saturated carbocycles. The predicted molar refractivity (Wildman–Crippen MR) is 82.1 cm³/mol. The fourth-order valence-electron chi connectivity index (χ4n) is 2.23. The lowest BCUT2D eigenvalue weighted by molar-refractivity contribution is 0.675. The number of hydrogen-bond acceptors (Lipinski definition) is 6. The first-order valence-electron chi connectivity index (χ1n) is 6.58. The largest absolute Gasteiger partial charge is 0.291 e. The third-order valence-corrected chi connectivity index (χ3v) is 4.12. The zero-order valence-corrected chi connectivity index (χ0v) is 12.1. The van der Waals surface area contributed by atoms with Crippen molar-refractivity contribution in [2.24, 2.45) is 0 Å². The maximum atomic E-state index is 12.4. The van der Waals surface area contributed by atoms with Gasteiger partial charge in [-0.05, 0) is 34.0 Å². The van der Waals surface area contributed by atoms with Crippen molar-refractivity contribution in [2.45, 2.75) is 6.54 Å². The molecular weight excluding hydrogens is 300 g/mol. The molecule has 0 aliphatic carbocycles. The van der Waals surface area contributed by atoms with Gasteiger partial charge in [0.1, 0.15) is 4.83 Å². The van der Waals surface area contributed by atoms with Crippen molar-refractivity contribution in [1.82, 2.24) is 29.8 Å².